The van der Waals surface area contributed by atoms with E-state index in [4.69, 9.17) is 16.5 Å². The number of imidazole rings is 1. The van der Waals surface area contributed by atoms with Crippen LogP contribution in [-0.2, 0) is 6.54 Å². The van der Waals surface area contributed by atoms with Gasteiger partial charge in [0.1, 0.15) is 11.0 Å². The summed E-state index contributed by atoms with van der Waals surface area (Å²) in [6.45, 7) is 4.41. The molecular weight excluding hydrogens is 288 g/mol. The maximum absolute atomic E-state index is 5.73. The van der Waals surface area contributed by atoms with Crippen LogP contribution in [0.3, 0.4) is 0 Å². The Morgan fingerprint density at radius 2 is 2.00 bits per heavy atom. The molecule has 0 aliphatic heterocycles. The van der Waals surface area contributed by atoms with Gasteiger partial charge in [-0.3, -0.25) is 4.98 Å². The molecular formula is C17H24N6. The standard InChI is InChI=1S/C17H24N6/c1-12(6-8-19)14-16-17(15-13(22-14)5-4-9-20-15)23(11-21-16)10-3-2-7-18/h4-5,9,11-12H,2-3,6-8,10,18-19H2,1H3. The van der Waals surface area contributed by atoms with Gasteiger partial charge in [0.05, 0.1) is 23.1 Å². The van der Waals surface area contributed by atoms with Gasteiger partial charge in [-0.1, -0.05) is 6.92 Å². The SMILES string of the molecule is CC(CCN)c1nc2cccnc2c2c1ncn2CCCCN. The smallest absolute Gasteiger partial charge is 0.115 e. The lowest BCUT2D eigenvalue weighted by molar-refractivity contribution is 0.627. The predicted molar refractivity (Wildman–Crippen MR) is 93.2 cm³/mol. The molecule has 122 valence electrons. The molecule has 0 amide bonds. The van der Waals surface area contributed by atoms with Crippen LogP contribution in [-0.4, -0.2) is 32.6 Å². The van der Waals surface area contributed by atoms with E-state index < -0.39 is 0 Å². The summed E-state index contributed by atoms with van der Waals surface area (Å²) >= 11 is 0. The highest BCUT2D eigenvalue weighted by atomic mass is 15.1. The Balaban J connectivity index is 2.16. The fourth-order valence-electron chi connectivity index (χ4n) is 3.00. The first-order chi connectivity index (χ1) is 11.3. The molecule has 0 bridgehead atoms. The van der Waals surface area contributed by atoms with E-state index in [-0.39, 0.29) is 5.92 Å². The largest absolute Gasteiger partial charge is 0.330 e. The zero-order valence-corrected chi connectivity index (χ0v) is 13.6. The third kappa shape index (κ3) is 3.04. The maximum Gasteiger partial charge on any atom is 0.115 e. The Morgan fingerprint density at radius 3 is 2.78 bits per heavy atom. The van der Waals surface area contributed by atoms with E-state index >= 15 is 0 Å². The van der Waals surface area contributed by atoms with Gasteiger partial charge in [0.15, 0.2) is 0 Å². The summed E-state index contributed by atoms with van der Waals surface area (Å²) in [5.74, 6) is 0.277. The Hall–Kier alpha value is -2.05. The molecule has 1 unspecified atom stereocenters. The lowest BCUT2D eigenvalue weighted by Crippen LogP contribution is -2.08. The number of hydrogen-bond acceptors (Lipinski definition) is 5. The van der Waals surface area contributed by atoms with Gasteiger partial charge in [-0.05, 0) is 44.5 Å². The van der Waals surface area contributed by atoms with Gasteiger partial charge in [0, 0.05) is 18.7 Å². The normalized spacial score (nSPS) is 13.0. The number of unbranched alkanes of at least 4 members (excludes halogenated alkanes) is 1. The topological polar surface area (TPSA) is 95.6 Å². The molecule has 1 atom stereocenters. The molecule has 0 spiro atoms. The van der Waals surface area contributed by atoms with Crippen molar-refractivity contribution >= 4 is 22.1 Å². The second-order valence-electron chi connectivity index (χ2n) is 5.98. The quantitative estimate of drug-likeness (QED) is 0.652. The molecule has 3 heterocycles. The van der Waals surface area contributed by atoms with Gasteiger partial charge >= 0.3 is 0 Å². The Morgan fingerprint density at radius 1 is 1.13 bits per heavy atom. The second-order valence-corrected chi connectivity index (χ2v) is 5.98. The Bertz CT molecular complexity index is 794. The van der Waals surface area contributed by atoms with Crippen LogP contribution in [0.25, 0.3) is 22.1 Å². The average molecular weight is 312 g/mol. The summed E-state index contributed by atoms with van der Waals surface area (Å²) in [5, 5.41) is 0. The molecule has 3 rings (SSSR count). The fourth-order valence-corrected chi connectivity index (χ4v) is 3.00. The highest BCUT2D eigenvalue weighted by Crippen LogP contribution is 2.29. The molecule has 3 aromatic heterocycles. The average Bonchev–Trinajstić information content (AvgIpc) is 2.99. The van der Waals surface area contributed by atoms with Gasteiger partial charge in [-0.15, -0.1) is 0 Å². The van der Waals surface area contributed by atoms with Crippen molar-refractivity contribution in [3.05, 3.63) is 30.4 Å². The molecule has 6 nitrogen and oxygen atoms in total. The van der Waals surface area contributed by atoms with E-state index in [1.807, 2.05) is 24.7 Å². The Labute approximate surface area is 135 Å². The minimum absolute atomic E-state index is 0.277. The first-order valence-corrected chi connectivity index (χ1v) is 8.25. The van der Waals surface area contributed by atoms with E-state index in [0.29, 0.717) is 13.1 Å². The maximum atomic E-state index is 5.73. The van der Waals surface area contributed by atoms with Crippen molar-refractivity contribution in [1.82, 2.24) is 19.5 Å². The van der Waals surface area contributed by atoms with Gasteiger partial charge in [0.2, 0.25) is 0 Å². The van der Waals surface area contributed by atoms with Crippen LogP contribution >= 0.6 is 0 Å². The van der Waals surface area contributed by atoms with Crippen LogP contribution in [0.5, 0.6) is 0 Å². The summed E-state index contributed by atoms with van der Waals surface area (Å²) in [4.78, 5) is 14.0. The molecule has 0 fully saturated rings. The first kappa shape index (κ1) is 15.8. The predicted octanol–water partition coefficient (Wildman–Crippen LogP) is 2.17. The van der Waals surface area contributed by atoms with Crippen LogP contribution < -0.4 is 11.5 Å². The Kier molecular flexibility index (Phi) is 4.83. The molecule has 0 radical (unpaired) electrons. The first-order valence-electron chi connectivity index (χ1n) is 8.25. The van der Waals surface area contributed by atoms with E-state index in [9.17, 15) is 0 Å². The minimum Gasteiger partial charge on any atom is -0.330 e. The third-order valence-electron chi connectivity index (χ3n) is 4.25. The van der Waals surface area contributed by atoms with Crippen molar-refractivity contribution in [2.24, 2.45) is 11.5 Å². The minimum atomic E-state index is 0.277. The van der Waals surface area contributed by atoms with E-state index in [1.165, 1.54) is 0 Å². The van der Waals surface area contributed by atoms with Crippen LogP contribution in [0.1, 0.15) is 37.8 Å². The van der Waals surface area contributed by atoms with Crippen molar-refractivity contribution in [3.8, 4) is 0 Å². The fraction of sp³-hybridized carbons (Fsp3) is 0.471. The molecule has 6 heteroatoms. The van der Waals surface area contributed by atoms with E-state index in [2.05, 4.69) is 21.5 Å². The van der Waals surface area contributed by atoms with Crippen LogP contribution in [0.4, 0.5) is 0 Å². The molecule has 0 aromatic carbocycles. The van der Waals surface area contributed by atoms with Crippen LogP contribution in [0.15, 0.2) is 24.7 Å². The van der Waals surface area contributed by atoms with Crippen molar-refractivity contribution in [2.75, 3.05) is 13.1 Å². The van der Waals surface area contributed by atoms with Crippen LogP contribution in [0.2, 0.25) is 0 Å². The highest BCUT2D eigenvalue weighted by molar-refractivity contribution is 6.00. The van der Waals surface area contributed by atoms with Gasteiger partial charge < -0.3 is 16.0 Å². The number of hydrogen-bond donors (Lipinski definition) is 2. The number of pyridine rings is 2. The molecule has 0 aliphatic carbocycles. The lowest BCUT2D eigenvalue weighted by atomic mass is 10.0. The second kappa shape index (κ2) is 7.02. The number of fused-ring (bicyclic) bond motifs is 3. The third-order valence-corrected chi connectivity index (χ3v) is 4.25. The van der Waals surface area contributed by atoms with E-state index in [1.54, 1.807) is 0 Å². The summed E-state index contributed by atoms with van der Waals surface area (Å²) in [6, 6.07) is 3.94. The van der Waals surface area contributed by atoms with Gasteiger partial charge in [-0.2, -0.15) is 0 Å². The van der Waals surface area contributed by atoms with Gasteiger partial charge in [-0.25, -0.2) is 9.97 Å². The molecule has 23 heavy (non-hydrogen) atoms. The number of nitrogens with two attached hydrogens (primary N) is 2. The number of aryl methyl sites for hydroxylation is 1. The summed E-state index contributed by atoms with van der Waals surface area (Å²) in [7, 11) is 0. The monoisotopic (exact) mass is 312 g/mol. The zero-order chi connectivity index (χ0) is 16.2. The number of aromatic nitrogens is 4. The highest BCUT2D eigenvalue weighted by Gasteiger charge is 2.18. The number of nitrogens with zero attached hydrogens (tertiary/aromatic N) is 4. The van der Waals surface area contributed by atoms with Crippen molar-refractivity contribution in [3.63, 3.8) is 0 Å². The summed E-state index contributed by atoms with van der Waals surface area (Å²) in [5.41, 5.74) is 16.2. The molecule has 0 saturated carbocycles. The van der Waals surface area contributed by atoms with E-state index in [0.717, 1.165) is 53.6 Å². The lowest BCUT2D eigenvalue weighted by Gasteiger charge is -2.13. The number of rotatable bonds is 7. The summed E-state index contributed by atoms with van der Waals surface area (Å²) in [6.07, 6.45) is 6.64. The molecule has 0 aliphatic rings. The van der Waals surface area contributed by atoms with Crippen molar-refractivity contribution < 1.29 is 0 Å². The van der Waals surface area contributed by atoms with Crippen LogP contribution in [0, 0.1) is 0 Å². The van der Waals surface area contributed by atoms with Crippen molar-refractivity contribution in [1.29, 1.82) is 0 Å². The zero-order valence-electron chi connectivity index (χ0n) is 13.6. The van der Waals surface area contributed by atoms with Crippen molar-refractivity contribution in [2.45, 2.75) is 38.6 Å². The molecule has 4 N–H and O–H groups in total. The molecule has 3 aromatic rings. The summed E-state index contributed by atoms with van der Waals surface area (Å²) < 4.78 is 2.18. The molecule has 0 saturated heterocycles. The van der Waals surface area contributed by atoms with Gasteiger partial charge in [0.25, 0.3) is 0 Å².